The van der Waals surface area contributed by atoms with Gasteiger partial charge in [0.2, 0.25) is 5.95 Å². The van der Waals surface area contributed by atoms with E-state index >= 15 is 0 Å². The fraction of sp³-hybridized carbons (Fsp3) is 0.429. The smallest absolute Gasteiger partial charge is 0.222 e. The summed E-state index contributed by atoms with van der Waals surface area (Å²) in [5.41, 5.74) is 0. The summed E-state index contributed by atoms with van der Waals surface area (Å²) in [6, 6.07) is -0.0221. The van der Waals surface area contributed by atoms with Crippen LogP contribution in [0.4, 0.5) is 5.95 Å². The van der Waals surface area contributed by atoms with Gasteiger partial charge in [0.1, 0.15) is 0 Å². The van der Waals surface area contributed by atoms with Gasteiger partial charge in [0.15, 0.2) is 0 Å². The van der Waals surface area contributed by atoms with Crippen molar-refractivity contribution in [2.45, 2.75) is 13.0 Å². The van der Waals surface area contributed by atoms with Gasteiger partial charge in [-0.15, -0.1) is 0 Å². The standard InChI is InChI=1S/C7H10BrN3O/c1-5(4-12)11-7-9-2-6(8)3-10-7/h2-3,5,12H,4H2,1H3,(H,9,10,11)/t5-/m1/s1. The predicted molar refractivity (Wildman–Crippen MR) is 49.9 cm³/mol. The molecule has 2 N–H and O–H groups in total. The lowest BCUT2D eigenvalue weighted by Crippen LogP contribution is -2.20. The van der Waals surface area contributed by atoms with Crippen LogP contribution >= 0.6 is 15.9 Å². The molecule has 1 atom stereocenters. The van der Waals surface area contributed by atoms with Crippen molar-refractivity contribution in [1.29, 1.82) is 0 Å². The van der Waals surface area contributed by atoms with Gasteiger partial charge in [-0.25, -0.2) is 9.97 Å². The Balaban J connectivity index is 2.58. The third-order valence-electron chi connectivity index (χ3n) is 1.27. The number of hydrogen-bond acceptors (Lipinski definition) is 4. The zero-order valence-corrected chi connectivity index (χ0v) is 8.24. The Hall–Kier alpha value is -0.680. The van der Waals surface area contributed by atoms with E-state index in [1.165, 1.54) is 0 Å². The molecule has 0 radical (unpaired) electrons. The predicted octanol–water partition coefficient (Wildman–Crippen LogP) is 1.03. The molecule has 0 saturated carbocycles. The zero-order valence-electron chi connectivity index (χ0n) is 6.66. The van der Waals surface area contributed by atoms with E-state index in [9.17, 15) is 0 Å². The maximum atomic E-state index is 8.72. The van der Waals surface area contributed by atoms with Crippen molar-refractivity contribution in [3.63, 3.8) is 0 Å². The molecule has 0 bridgehead atoms. The van der Waals surface area contributed by atoms with Crippen molar-refractivity contribution in [3.8, 4) is 0 Å². The number of aliphatic hydroxyl groups is 1. The summed E-state index contributed by atoms with van der Waals surface area (Å²) in [4.78, 5) is 7.97. The molecule has 0 aliphatic carbocycles. The second-order valence-corrected chi connectivity index (χ2v) is 3.37. The number of nitrogens with one attached hydrogen (secondary N) is 1. The second-order valence-electron chi connectivity index (χ2n) is 2.45. The fourth-order valence-electron chi connectivity index (χ4n) is 0.653. The molecule has 0 amide bonds. The molecule has 0 unspecified atom stereocenters. The van der Waals surface area contributed by atoms with E-state index in [-0.39, 0.29) is 12.6 Å². The first-order chi connectivity index (χ1) is 5.72. The summed E-state index contributed by atoms with van der Waals surface area (Å²) in [7, 11) is 0. The zero-order chi connectivity index (χ0) is 8.97. The molecular formula is C7H10BrN3O. The van der Waals surface area contributed by atoms with Gasteiger partial charge >= 0.3 is 0 Å². The third kappa shape index (κ3) is 2.75. The molecule has 0 aliphatic rings. The summed E-state index contributed by atoms with van der Waals surface area (Å²) in [6.45, 7) is 1.92. The molecule has 0 spiro atoms. The van der Waals surface area contributed by atoms with Crippen LogP contribution in [0.15, 0.2) is 16.9 Å². The fourth-order valence-corrected chi connectivity index (χ4v) is 0.858. The van der Waals surface area contributed by atoms with Crippen LogP contribution in [0, 0.1) is 0 Å². The Morgan fingerprint density at radius 1 is 1.58 bits per heavy atom. The quantitative estimate of drug-likeness (QED) is 0.817. The first kappa shape index (κ1) is 9.41. The number of nitrogens with zero attached hydrogens (tertiary/aromatic N) is 2. The van der Waals surface area contributed by atoms with Gasteiger partial charge in [0.05, 0.1) is 11.1 Å². The largest absolute Gasteiger partial charge is 0.394 e. The van der Waals surface area contributed by atoms with E-state index < -0.39 is 0 Å². The van der Waals surface area contributed by atoms with Gasteiger partial charge in [-0.2, -0.15) is 0 Å². The summed E-state index contributed by atoms with van der Waals surface area (Å²) in [5, 5.41) is 11.6. The van der Waals surface area contributed by atoms with Crippen molar-refractivity contribution in [2.24, 2.45) is 0 Å². The van der Waals surface area contributed by atoms with E-state index in [1.54, 1.807) is 12.4 Å². The van der Waals surface area contributed by atoms with Crippen LogP contribution in [0.1, 0.15) is 6.92 Å². The molecule has 0 saturated heterocycles. The molecule has 1 heterocycles. The third-order valence-corrected chi connectivity index (χ3v) is 1.68. The average molecular weight is 232 g/mol. The molecule has 66 valence electrons. The van der Waals surface area contributed by atoms with Gasteiger partial charge in [-0.3, -0.25) is 0 Å². The Labute approximate surface area is 79.2 Å². The highest BCUT2D eigenvalue weighted by Gasteiger charge is 2.00. The first-order valence-electron chi connectivity index (χ1n) is 3.57. The van der Waals surface area contributed by atoms with E-state index in [0.29, 0.717) is 5.95 Å². The van der Waals surface area contributed by atoms with Gasteiger partial charge in [0.25, 0.3) is 0 Å². The topological polar surface area (TPSA) is 58.0 Å². The maximum absolute atomic E-state index is 8.72. The van der Waals surface area contributed by atoms with Gasteiger partial charge in [-0.05, 0) is 22.9 Å². The Bertz CT molecular complexity index is 239. The summed E-state index contributed by atoms with van der Waals surface area (Å²) in [5.74, 6) is 0.528. The molecule has 4 nitrogen and oxygen atoms in total. The minimum Gasteiger partial charge on any atom is -0.394 e. The molecule has 0 aromatic carbocycles. The first-order valence-corrected chi connectivity index (χ1v) is 4.36. The number of aliphatic hydroxyl groups excluding tert-OH is 1. The maximum Gasteiger partial charge on any atom is 0.222 e. The van der Waals surface area contributed by atoms with Crippen molar-refractivity contribution >= 4 is 21.9 Å². The van der Waals surface area contributed by atoms with Crippen LogP contribution in [0.3, 0.4) is 0 Å². The highest BCUT2D eigenvalue weighted by atomic mass is 79.9. The number of anilines is 1. The molecule has 0 aliphatic heterocycles. The van der Waals surface area contributed by atoms with Crippen LogP contribution in [0.2, 0.25) is 0 Å². The van der Waals surface area contributed by atoms with Crippen LogP contribution in [0.25, 0.3) is 0 Å². The highest BCUT2D eigenvalue weighted by molar-refractivity contribution is 9.10. The molecular weight excluding hydrogens is 222 g/mol. The van der Waals surface area contributed by atoms with Crippen molar-refractivity contribution in [3.05, 3.63) is 16.9 Å². The van der Waals surface area contributed by atoms with Crippen LogP contribution in [-0.4, -0.2) is 27.7 Å². The minimum atomic E-state index is -0.0221. The van der Waals surface area contributed by atoms with Gasteiger partial charge < -0.3 is 10.4 Å². The van der Waals surface area contributed by atoms with Crippen LogP contribution < -0.4 is 5.32 Å². The van der Waals surface area contributed by atoms with Crippen molar-refractivity contribution < 1.29 is 5.11 Å². The minimum absolute atomic E-state index is 0.0221. The van der Waals surface area contributed by atoms with Crippen molar-refractivity contribution in [1.82, 2.24) is 9.97 Å². The molecule has 1 aromatic rings. The number of rotatable bonds is 3. The second kappa shape index (κ2) is 4.37. The Morgan fingerprint density at radius 2 is 2.17 bits per heavy atom. The van der Waals surface area contributed by atoms with Crippen LogP contribution in [-0.2, 0) is 0 Å². The highest BCUT2D eigenvalue weighted by Crippen LogP contribution is 2.07. The molecule has 1 aromatic heterocycles. The van der Waals surface area contributed by atoms with Crippen molar-refractivity contribution in [2.75, 3.05) is 11.9 Å². The monoisotopic (exact) mass is 231 g/mol. The van der Waals surface area contributed by atoms with Gasteiger partial charge in [-0.1, -0.05) is 0 Å². The lowest BCUT2D eigenvalue weighted by atomic mass is 10.4. The van der Waals surface area contributed by atoms with Crippen LogP contribution in [0.5, 0.6) is 0 Å². The summed E-state index contributed by atoms with van der Waals surface area (Å²) < 4.78 is 0.838. The lowest BCUT2D eigenvalue weighted by Gasteiger charge is -2.09. The van der Waals surface area contributed by atoms with E-state index in [4.69, 9.17) is 5.11 Å². The SMILES string of the molecule is C[C@H](CO)Nc1ncc(Br)cn1. The Morgan fingerprint density at radius 3 is 2.67 bits per heavy atom. The average Bonchev–Trinajstić information content (AvgIpc) is 2.09. The lowest BCUT2D eigenvalue weighted by molar-refractivity contribution is 0.281. The van der Waals surface area contributed by atoms with Gasteiger partial charge in [0, 0.05) is 18.4 Å². The van der Waals surface area contributed by atoms with E-state index in [0.717, 1.165) is 4.47 Å². The number of hydrogen-bond donors (Lipinski definition) is 2. The van der Waals surface area contributed by atoms with E-state index in [2.05, 4.69) is 31.2 Å². The molecule has 1 rings (SSSR count). The Kier molecular flexibility index (Phi) is 3.43. The normalized spacial score (nSPS) is 12.6. The van der Waals surface area contributed by atoms with E-state index in [1.807, 2.05) is 6.92 Å². The number of aromatic nitrogens is 2. The molecule has 12 heavy (non-hydrogen) atoms. The molecule has 0 fully saturated rings. The molecule has 5 heteroatoms. The summed E-state index contributed by atoms with van der Waals surface area (Å²) >= 11 is 3.23. The number of halogens is 1. The summed E-state index contributed by atoms with van der Waals surface area (Å²) in [6.07, 6.45) is 3.30.